The van der Waals surface area contributed by atoms with Gasteiger partial charge < -0.3 is 15.2 Å². The third kappa shape index (κ3) is 4.20. The summed E-state index contributed by atoms with van der Waals surface area (Å²) in [5.74, 6) is 0.864. The van der Waals surface area contributed by atoms with Crippen LogP contribution in [0.4, 0.5) is 5.69 Å². The zero-order chi connectivity index (χ0) is 18.8. The molecule has 0 atom stereocenters. The Kier molecular flexibility index (Phi) is 5.24. The summed E-state index contributed by atoms with van der Waals surface area (Å²) in [6.45, 7) is 4.25. The van der Waals surface area contributed by atoms with Gasteiger partial charge in [0.2, 0.25) is 17.6 Å². The van der Waals surface area contributed by atoms with Crippen LogP contribution in [0.25, 0.3) is 10.7 Å². The molecule has 3 heterocycles. The van der Waals surface area contributed by atoms with E-state index in [1.54, 1.807) is 23.5 Å². The summed E-state index contributed by atoms with van der Waals surface area (Å²) in [6, 6.07) is 11.4. The lowest BCUT2D eigenvalue weighted by atomic mass is 10.1. The lowest BCUT2D eigenvalue weighted by molar-refractivity contribution is 0.100. The van der Waals surface area contributed by atoms with Gasteiger partial charge >= 0.3 is 0 Å². The van der Waals surface area contributed by atoms with Crippen molar-refractivity contribution in [3.8, 4) is 10.7 Å². The fourth-order valence-corrected chi connectivity index (χ4v) is 4.36. The Hall–Kier alpha value is -2.23. The number of thiophene rings is 1. The predicted molar refractivity (Wildman–Crippen MR) is 108 cm³/mol. The zero-order valence-electron chi connectivity index (χ0n) is 14.5. The van der Waals surface area contributed by atoms with Crippen LogP contribution < -0.4 is 10.6 Å². The molecule has 4 rings (SSSR count). The molecule has 0 spiro atoms. The average molecular weight is 448 g/mol. The van der Waals surface area contributed by atoms with E-state index in [0.29, 0.717) is 23.8 Å². The fraction of sp³-hybridized carbons (Fsp3) is 0.278. The maximum atomic E-state index is 11.2. The Morgan fingerprint density at radius 3 is 2.52 bits per heavy atom. The quantitative estimate of drug-likeness (QED) is 0.646. The van der Waals surface area contributed by atoms with Crippen molar-refractivity contribution in [3.05, 3.63) is 51.6 Å². The van der Waals surface area contributed by atoms with Crippen LogP contribution in [0.5, 0.6) is 0 Å². The number of rotatable bonds is 5. The Bertz CT molecular complexity index is 931. The molecule has 1 saturated heterocycles. The first kappa shape index (κ1) is 18.1. The Morgan fingerprint density at radius 1 is 1.15 bits per heavy atom. The molecular weight excluding hydrogens is 430 g/mol. The van der Waals surface area contributed by atoms with Crippen LogP contribution in [-0.2, 0) is 6.54 Å². The molecule has 3 aromatic rings. The molecule has 1 aromatic carbocycles. The molecule has 1 fully saturated rings. The second kappa shape index (κ2) is 7.79. The van der Waals surface area contributed by atoms with E-state index in [4.69, 9.17) is 10.3 Å². The van der Waals surface area contributed by atoms with E-state index in [-0.39, 0.29) is 0 Å². The van der Waals surface area contributed by atoms with E-state index in [1.807, 2.05) is 24.3 Å². The van der Waals surface area contributed by atoms with Crippen LogP contribution in [-0.4, -0.2) is 47.1 Å². The van der Waals surface area contributed by atoms with Crippen LogP contribution in [0.3, 0.4) is 0 Å². The van der Waals surface area contributed by atoms with Crippen molar-refractivity contribution in [2.24, 2.45) is 5.73 Å². The van der Waals surface area contributed by atoms with Gasteiger partial charge in [0, 0.05) is 37.4 Å². The molecule has 0 aliphatic carbocycles. The van der Waals surface area contributed by atoms with Crippen molar-refractivity contribution < 1.29 is 9.32 Å². The normalized spacial score (nSPS) is 15.2. The maximum Gasteiger partial charge on any atom is 0.248 e. The number of carbonyl (C=O) groups excluding carboxylic acids is 1. The summed E-state index contributed by atoms with van der Waals surface area (Å²) < 4.78 is 6.45. The molecule has 1 amide bonds. The summed E-state index contributed by atoms with van der Waals surface area (Å²) in [5, 5.41) is 4.08. The zero-order valence-corrected chi connectivity index (χ0v) is 16.9. The average Bonchev–Trinajstić information content (AvgIpc) is 3.31. The molecule has 0 saturated carbocycles. The highest BCUT2D eigenvalue weighted by Crippen LogP contribution is 2.29. The summed E-state index contributed by atoms with van der Waals surface area (Å²) in [4.78, 5) is 21.3. The van der Waals surface area contributed by atoms with Crippen molar-refractivity contribution in [1.82, 2.24) is 15.0 Å². The topological polar surface area (TPSA) is 88.5 Å². The fourth-order valence-electron chi connectivity index (χ4n) is 3.05. The van der Waals surface area contributed by atoms with Crippen LogP contribution in [0, 0.1) is 0 Å². The van der Waals surface area contributed by atoms with Gasteiger partial charge in [-0.3, -0.25) is 9.69 Å². The highest BCUT2D eigenvalue weighted by molar-refractivity contribution is 9.11. The molecule has 7 nitrogen and oxygen atoms in total. The first-order chi connectivity index (χ1) is 13.1. The second-order valence-electron chi connectivity index (χ2n) is 6.29. The van der Waals surface area contributed by atoms with E-state index in [1.165, 1.54) is 0 Å². The molecular formula is C18H18BrN5O2S. The van der Waals surface area contributed by atoms with Crippen LogP contribution in [0.15, 0.2) is 44.7 Å². The molecule has 140 valence electrons. The molecule has 0 bridgehead atoms. The number of anilines is 1. The lowest BCUT2D eigenvalue weighted by Gasteiger charge is -2.35. The Labute approximate surface area is 168 Å². The molecule has 2 N–H and O–H groups in total. The van der Waals surface area contributed by atoms with Gasteiger partial charge in [-0.15, -0.1) is 11.3 Å². The number of aromatic nitrogens is 2. The van der Waals surface area contributed by atoms with E-state index in [0.717, 1.165) is 40.5 Å². The summed E-state index contributed by atoms with van der Waals surface area (Å²) in [7, 11) is 0. The van der Waals surface area contributed by atoms with Gasteiger partial charge in [-0.25, -0.2) is 0 Å². The third-order valence-corrected chi connectivity index (χ3v) is 6.13. The summed E-state index contributed by atoms with van der Waals surface area (Å²) >= 11 is 5.03. The van der Waals surface area contributed by atoms with Crippen molar-refractivity contribution in [2.75, 3.05) is 31.1 Å². The number of nitrogens with zero attached hydrogens (tertiary/aromatic N) is 4. The van der Waals surface area contributed by atoms with E-state index >= 15 is 0 Å². The highest BCUT2D eigenvalue weighted by Gasteiger charge is 2.20. The first-order valence-corrected chi connectivity index (χ1v) is 10.1. The highest BCUT2D eigenvalue weighted by atomic mass is 79.9. The van der Waals surface area contributed by atoms with Gasteiger partial charge in [0.25, 0.3) is 0 Å². The van der Waals surface area contributed by atoms with Crippen molar-refractivity contribution in [1.29, 1.82) is 0 Å². The minimum absolute atomic E-state index is 0.403. The monoisotopic (exact) mass is 447 g/mol. The number of halogens is 1. The number of piperazine rings is 1. The van der Waals surface area contributed by atoms with Crippen molar-refractivity contribution in [3.63, 3.8) is 0 Å². The van der Waals surface area contributed by atoms with Gasteiger partial charge in [-0.1, -0.05) is 5.16 Å². The molecule has 0 radical (unpaired) electrons. The Morgan fingerprint density at radius 2 is 1.89 bits per heavy atom. The van der Waals surface area contributed by atoms with E-state index in [9.17, 15) is 4.79 Å². The van der Waals surface area contributed by atoms with Gasteiger partial charge in [0.1, 0.15) is 0 Å². The SMILES string of the molecule is NC(=O)c1ccc(N2CCN(Cc3nc(-c4ccc(Br)s4)no3)CC2)cc1. The smallest absolute Gasteiger partial charge is 0.248 e. The standard InChI is InChI=1S/C18H18BrN5O2S/c19-15-6-5-14(27-15)18-21-16(26-22-18)11-23-7-9-24(10-8-23)13-3-1-12(2-4-13)17(20)25/h1-6H,7-11H2,(H2,20,25). The molecule has 0 unspecified atom stereocenters. The number of nitrogens with two attached hydrogens (primary N) is 1. The lowest BCUT2D eigenvalue weighted by Crippen LogP contribution is -2.46. The van der Waals surface area contributed by atoms with E-state index in [2.05, 4.69) is 35.9 Å². The minimum atomic E-state index is -0.403. The number of amides is 1. The van der Waals surface area contributed by atoms with Gasteiger partial charge in [0.15, 0.2) is 0 Å². The maximum absolute atomic E-state index is 11.2. The minimum Gasteiger partial charge on any atom is -0.369 e. The first-order valence-electron chi connectivity index (χ1n) is 8.54. The molecule has 9 heteroatoms. The van der Waals surface area contributed by atoms with Gasteiger partial charge in [-0.2, -0.15) is 4.98 Å². The van der Waals surface area contributed by atoms with Crippen LogP contribution >= 0.6 is 27.3 Å². The number of primary amides is 1. The number of hydrogen-bond acceptors (Lipinski definition) is 7. The molecule has 2 aromatic heterocycles. The largest absolute Gasteiger partial charge is 0.369 e. The van der Waals surface area contributed by atoms with Crippen LogP contribution in [0.2, 0.25) is 0 Å². The molecule has 27 heavy (non-hydrogen) atoms. The second-order valence-corrected chi connectivity index (χ2v) is 8.75. The number of hydrogen-bond donors (Lipinski definition) is 1. The molecule has 1 aliphatic rings. The number of carbonyl (C=O) groups is 1. The number of benzene rings is 1. The summed E-state index contributed by atoms with van der Waals surface area (Å²) in [6.07, 6.45) is 0. The van der Waals surface area contributed by atoms with Gasteiger partial charge in [-0.05, 0) is 52.3 Å². The Balaban J connectivity index is 1.33. The van der Waals surface area contributed by atoms with Gasteiger partial charge in [0.05, 0.1) is 15.2 Å². The summed E-state index contributed by atoms with van der Waals surface area (Å²) in [5.41, 5.74) is 6.92. The predicted octanol–water partition coefficient (Wildman–Crippen LogP) is 2.98. The van der Waals surface area contributed by atoms with E-state index < -0.39 is 5.91 Å². The molecule has 1 aliphatic heterocycles. The van der Waals surface area contributed by atoms with Crippen LogP contribution in [0.1, 0.15) is 16.2 Å². The van der Waals surface area contributed by atoms with Crippen molar-refractivity contribution in [2.45, 2.75) is 6.54 Å². The third-order valence-electron chi connectivity index (χ3n) is 4.51. The van der Waals surface area contributed by atoms with Crippen molar-refractivity contribution >= 4 is 38.9 Å².